The predicted octanol–water partition coefficient (Wildman–Crippen LogP) is 3.00. The predicted molar refractivity (Wildman–Crippen MR) is 84.8 cm³/mol. The molecule has 0 aliphatic rings. The van der Waals surface area contributed by atoms with Crippen LogP contribution >= 0.6 is 11.8 Å². The molecule has 0 saturated heterocycles. The minimum absolute atomic E-state index is 0.251. The van der Waals surface area contributed by atoms with E-state index in [0.29, 0.717) is 29.2 Å². The molecule has 0 bridgehead atoms. The zero-order valence-electron chi connectivity index (χ0n) is 12.3. The van der Waals surface area contributed by atoms with Crippen molar-refractivity contribution in [3.8, 4) is 11.7 Å². The summed E-state index contributed by atoms with van der Waals surface area (Å²) in [5.74, 6) is 1.26. The van der Waals surface area contributed by atoms with E-state index >= 15 is 0 Å². The fourth-order valence-electron chi connectivity index (χ4n) is 1.87. The van der Waals surface area contributed by atoms with Gasteiger partial charge in [-0.25, -0.2) is 0 Å². The molecule has 3 rings (SSSR count). The number of nitrogens with zero attached hydrogens (tertiary/aromatic N) is 2. The molecule has 1 atom stereocenters. The highest BCUT2D eigenvalue weighted by molar-refractivity contribution is 7.99. The van der Waals surface area contributed by atoms with E-state index in [4.69, 9.17) is 13.6 Å². The SMILES string of the molecule is O[C@@H](COCc1ccccc1)CSc1nnc(-c2ccco2)o1. The fourth-order valence-corrected chi connectivity index (χ4v) is 2.54. The molecule has 0 unspecified atom stereocenters. The van der Waals surface area contributed by atoms with Crippen molar-refractivity contribution in [1.82, 2.24) is 10.2 Å². The second-order valence-electron chi connectivity index (χ2n) is 4.82. The Labute approximate surface area is 137 Å². The molecule has 3 aromatic rings. The molecule has 2 aromatic heterocycles. The number of thioether (sulfide) groups is 1. The highest BCUT2D eigenvalue weighted by Gasteiger charge is 2.13. The summed E-state index contributed by atoms with van der Waals surface area (Å²) in [4.78, 5) is 0. The van der Waals surface area contributed by atoms with Crippen molar-refractivity contribution in [1.29, 1.82) is 0 Å². The van der Waals surface area contributed by atoms with Gasteiger partial charge in [0.25, 0.3) is 11.1 Å². The van der Waals surface area contributed by atoms with Gasteiger partial charge in [-0.2, -0.15) is 0 Å². The third-order valence-electron chi connectivity index (χ3n) is 2.96. The maximum atomic E-state index is 9.93. The molecule has 23 heavy (non-hydrogen) atoms. The van der Waals surface area contributed by atoms with Crippen molar-refractivity contribution in [3.63, 3.8) is 0 Å². The first-order chi connectivity index (χ1) is 11.3. The standard InChI is InChI=1S/C16H16N2O4S/c19-13(10-20-9-12-5-2-1-3-6-12)11-23-16-18-17-15(22-16)14-7-4-8-21-14/h1-8,13,19H,9-11H2/t13-/m0/s1. The molecule has 6 nitrogen and oxygen atoms in total. The van der Waals surface area contributed by atoms with Gasteiger partial charge in [-0.3, -0.25) is 0 Å². The lowest BCUT2D eigenvalue weighted by Gasteiger charge is -2.09. The van der Waals surface area contributed by atoms with Gasteiger partial charge >= 0.3 is 0 Å². The number of hydrogen-bond donors (Lipinski definition) is 1. The lowest BCUT2D eigenvalue weighted by atomic mass is 10.2. The molecule has 0 fully saturated rings. The Morgan fingerprint density at radius 2 is 2.00 bits per heavy atom. The largest absolute Gasteiger partial charge is 0.459 e. The van der Waals surface area contributed by atoms with E-state index in [0.717, 1.165) is 5.56 Å². The van der Waals surface area contributed by atoms with Crippen molar-refractivity contribution in [2.24, 2.45) is 0 Å². The second kappa shape index (κ2) is 7.96. The topological polar surface area (TPSA) is 81.5 Å². The summed E-state index contributed by atoms with van der Waals surface area (Å²) in [6.07, 6.45) is 0.933. The maximum Gasteiger partial charge on any atom is 0.284 e. The van der Waals surface area contributed by atoms with Crippen LogP contribution in [0, 0.1) is 0 Å². The van der Waals surface area contributed by atoms with Crippen LogP contribution in [0.3, 0.4) is 0 Å². The van der Waals surface area contributed by atoms with Gasteiger partial charge in [-0.15, -0.1) is 10.2 Å². The molecular weight excluding hydrogens is 316 g/mol. The lowest BCUT2D eigenvalue weighted by molar-refractivity contribution is 0.0397. The number of furan rings is 1. The molecule has 1 aromatic carbocycles. The second-order valence-corrected chi connectivity index (χ2v) is 5.79. The van der Waals surface area contributed by atoms with Gasteiger partial charge in [0.1, 0.15) is 0 Å². The number of aromatic nitrogens is 2. The Bertz CT molecular complexity index is 700. The number of ether oxygens (including phenoxy) is 1. The number of benzene rings is 1. The van der Waals surface area contributed by atoms with Gasteiger partial charge < -0.3 is 18.7 Å². The molecule has 120 valence electrons. The van der Waals surface area contributed by atoms with Crippen molar-refractivity contribution >= 4 is 11.8 Å². The minimum atomic E-state index is -0.609. The summed E-state index contributed by atoms with van der Waals surface area (Å²) in [5, 5.41) is 18.1. The summed E-state index contributed by atoms with van der Waals surface area (Å²) in [6.45, 7) is 0.729. The number of rotatable bonds is 8. The number of hydrogen-bond acceptors (Lipinski definition) is 7. The summed E-state index contributed by atoms with van der Waals surface area (Å²) >= 11 is 1.28. The third-order valence-corrected chi connectivity index (χ3v) is 3.92. The minimum Gasteiger partial charge on any atom is -0.459 e. The monoisotopic (exact) mass is 332 g/mol. The van der Waals surface area contributed by atoms with Crippen molar-refractivity contribution in [2.45, 2.75) is 17.9 Å². The number of aliphatic hydroxyl groups excluding tert-OH is 1. The Kier molecular flexibility index (Phi) is 5.46. The van der Waals surface area contributed by atoms with E-state index in [-0.39, 0.29) is 6.61 Å². The van der Waals surface area contributed by atoms with Gasteiger partial charge in [0.15, 0.2) is 5.76 Å². The molecule has 0 aliphatic heterocycles. The zero-order valence-corrected chi connectivity index (χ0v) is 13.1. The highest BCUT2D eigenvalue weighted by Crippen LogP contribution is 2.23. The molecule has 0 amide bonds. The van der Waals surface area contributed by atoms with Crippen LogP contribution in [-0.2, 0) is 11.3 Å². The number of aliphatic hydroxyl groups is 1. The smallest absolute Gasteiger partial charge is 0.284 e. The average Bonchev–Trinajstić information content (AvgIpc) is 3.25. The van der Waals surface area contributed by atoms with Crippen molar-refractivity contribution in [3.05, 3.63) is 54.3 Å². The first-order valence-electron chi connectivity index (χ1n) is 7.11. The quantitative estimate of drug-likeness (QED) is 0.635. The third kappa shape index (κ3) is 4.69. The summed E-state index contributed by atoms with van der Waals surface area (Å²) < 4.78 is 16.1. The van der Waals surface area contributed by atoms with Crippen molar-refractivity contribution < 1.29 is 18.7 Å². The first-order valence-corrected chi connectivity index (χ1v) is 8.10. The normalized spacial score (nSPS) is 12.4. The Balaban J connectivity index is 1.40. The Morgan fingerprint density at radius 3 is 2.78 bits per heavy atom. The van der Waals surface area contributed by atoms with Crippen LogP contribution < -0.4 is 0 Å². The van der Waals surface area contributed by atoms with Crippen LogP contribution in [-0.4, -0.2) is 33.8 Å². The molecule has 2 heterocycles. The van der Waals surface area contributed by atoms with E-state index in [2.05, 4.69) is 10.2 Å². The van der Waals surface area contributed by atoms with Crippen LogP contribution in [0.1, 0.15) is 5.56 Å². The van der Waals surface area contributed by atoms with Crippen molar-refractivity contribution in [2.75, 3.05) is 12.4 Å². The molecular formula is C16H16N2O4S. The van der Waals surface area contributed by atoms with Gasteiger partial charge in [0, 0.05) is 5.75 Å². The van der Waals surface area contributed by atoms with E-state index in [9.17, 15) is 5.11 Å². The molecule has 0 radical (unpaired) electrons. The van der Waals surface area contributed by atoms with E-state index < -0.39 is 6.10 Å². The van der Waals surface area contributed by atoms with Crippen LogP contribution in [0.2, 0.25) is 0 Å². The maximum absolute atomic E-state index is 9.93. The zero-order chi connectivity index (χ0) is 15.9. The summed E-state index contributed by atoms with van der Waals surface area (Å²) in [7, 11) is 0. The molecule has 0 aliphatic carbocycles. The summed E-state index contributed by atoms with van der Waals surface area (Å²) in [5.41, 5.74) is 1.08. The van der Waals surface area contributed by atoms with Crippen LogP contribution in [0.5, 0.6) is 0 Å². The molecule has 7 heteroatoms. The van der Waals surface area contributed by atoms with Crippen LogP contribution in [0.25, 0.3) is 11.7 Å². The Hall–Kier alpha value is -2.09. The van der Waals surface area contributed by atoms with E-state index in [1.54, 1.807) is 18.4 Å². The van der Waals surface area contributed by atoms with Gasteiger partial charge in [-0.1, -0.05) is 42.1 Å². The van der Waals surface area contributed by atoms with Gasteiger partial charge in [0.05, 0.1) is 25.6 Å². The molecule has 0 saturated carbocycles. The van der Waals surface area contributed by atoms with Gasteiger partial charge in [0.2, 0.25) is 0 Å². The highest BCUT2D eigenvalue weighted by atomic mass is 32.2. The van der Waals surface area contributed by atoms with E-state index in [1.807, 2.05) is 30.3 Å². The lowest BCUT2D eigenvalue weighted by Crippen LogP contribution is -2.17. The Morgan fingerprint density at radius 1 is 1.13 bits per heavy atom. The van der Waals surface area contributed by atoms with E-state index in [1.165, 1.54) is 11.8 Å². The first kappa shape index (κ1) is 15.8. The van der Waals surface area contributed by atoms with Crippen LogP contribution in [0.4, 0.5) is 0 Å². The average molecular weight is 332 g/mol. The van der Waals surface area contributed by atoms with Crippen LogP contribution in [0.15, 0.2) is 62.8 Å². The van der Waals surface area contributed by atoms with Gasteiger partial charge in [-0.05, 0) is 17.7 Å². The summed E-state index contributed by atoms with van der Waals surface area (Å²) in [6, 6.07) is 13.3. The fraction of sp³-hybridized carbons (Fsp3) is 0.250. The molecule has 1 N–H and O–H groups in total. The molecule has 0 spiro atoms.